The number of phenolic OH excluding ortho intramolecular Hbond substituents is 2. The van der Waals surface area contributed by atoms with Gasteiger partial charge in [-0.25, -0.2) is 0 Å². The first kappa shape index (κ1) is 25.2. The molecule has 0 saturated carbocycles. The lowest BCUT2D eigenvalue weighted by Gasteiger charge is -2.07. The topological polar surface area (TPSA) is 83.6 Å². The van der Waals surface area contributed by atoms with E-state index in [-0.39, 0.29) is 11.5 Å². The predicted octanol–water partition coefficient (Wildman–Crippen LogP) is 5.77. The van der Waals surface area contributed by atoms with Crippen molar-refractivity contribution in [2.24, 2.45) is 9.98 Å². The van der Waals surface area contributed by atoms with Crippen LogP contribution in [-0.2, 0) is 0 Å². The first-order chi connectivity index (χ1) is 15.7. The molecule has 32 heavy (non-hydrogen) atoms. The Labute approximate surface area is 191 Å². The van der Waals surface area contributed by atoms with Crippen LogP contribution in [0.25, 0.3) is 0 Å². The molecular formula is C26H36N2O4. The zero-order valence-corrected chi connectivity index (χ0v) is 19.3. The van der Waals surface area contributed by atoms with Gasteiger partial charge in [0.05, 0.1) is 13.2 Å². The summed E-state index contributed by atoms with van der Waals surface area (Å²) in [7, 11) is 0. The minimum absolute atomic E-state index is 0.151. The van der Waals surface area contributed by atoms with Crippen molar-refractivity contribution < 1.29 is 19.7 Å². The molecule has 0 saturated heterocycles. The van der Waals surface area contributed by atoms with Crippen LogP contribution >= 0.6 is 0 Å². The van der Waals surface area contributed by atoms with Gasteiger partial charge >= 0.3 is 0 Å². The van der Waals surface area contributed by atoms with Crippen LogP contribution in [0.5, 0.6) is 23.0 Å². The van der Waals surface area contributed by atoms with Crippen LogP contribution in [-0.4, -0.2) is 48.9 Å². The quantitative estimate of drug-likeness (QED) is 0.272. The second-order valence-corrected chi connectivity index (χ2v) is 7.45. The number of hydrogen-bond acceptors (Lipinski definition) is 6. The number of ether oxygens (including phenoxy) is 2. The lowest BCUT2D eigenvalue weighted by Crippen LogP contribution is -1.94. The summed E-state index contributed by atoms with van der Waals surface area (Å²) in [5.74, 6) is 1.30. The number of aliphatic imine (C=N–C) groups is 2. The molecule has 0 aromatic heterocycles. The molecule has 0 radical (unpaired) electrons. The van der Waals surface area contributed by atoms with Gasteiger partial charge in [0.25, 0.3) is 0 Å². The molecule has 0 spiro atoms. The fourth-order valence-electron chi connectivity index (χ4n) is 3.27. The maximum absolute atomic E-state index is 10.1. The first-order valence-electron chi connectivity index (χ1n) is 11.6. The van der Waals surface area contributed by atoms with Gasteiger partial charge in [-0.15, -0.1) is 0 Å². The van der Waals surface area contributed by atoms with Gasteiger partial charge in [0.1, 0.15) is 0 Å². The van der Waals surface area contributed by atoms with Crippen molar-refractivity contribution in [3.63, 3.8) is 0 Å². The average molecular weight is 441 g/mol. The Kier molecular flexibility index (Phi) is 11.7. The number of benzene rings is 2. The fraction of sp³-hybridized carbons (Fsp3) is 0.462. The number of para-hydroxylation sites is 2. The first-order valence-corrected chi connectivity index (χ1v) is 11.6. The van der Waals surface area contributed by atoms with Crippen molar-refractivity contribution in [3.05, 3.63) is 47.5 Å². The molecule has 6 nitrogen and oxygen atoms in total. The highest BCUT2D eigenvalue weighted by molar-refractivity contribution is 5.85. The van der Waals surface area contributed by atoms with E-state index in [4.69, 9.17) is 9.47 Å². The predicted molar refractivity (Wildman–Crippen MR) is 131 cm³/mol. The molecule has 174 valence electrons. The SMILES string of the molecule is CCOc1cccc(C=NCCCCCCCCN=Cc2cccc(OCC)c2O)c1O. The molecule has 0 amide bonds. The van der Waals surface area contributed by atoms with E-state index < -0.39 is 0 Å². The summed E-state index contributed by atoms with van der Waals surface area (Å²) in [5.41, 5.74) is 1.38. The molecule has 0 atom stereocenters. The summed E-state index contributed by atoms with van der Waals surface area (Å²) in [4.78, 5) is 8.85. The van der Waals surface area contributed by atoms with Gasteiger partial charge in [-0.05, 0) is 51.0 Å². The largest absolute Gasteiger partial charge is 0.504 e. The standard InChI is InChI=1S/C26H36N2O4/c1-3-31-23-15-11-13-21(25(23)29)19-27-17-9-7-5-6-8-10-18-28-20-22-14-12-16-24(26(22)30)32-4-2/h11-16,19-20,29-30H,3-10,17-18H2,1-2H3. The average Bonchev–Trinajstić information content (AvgIpc) is 2.79. The summed E-state index contributed by atoms with van der Waals surface area (Å²) in [6, 6.07) is 10.9. The van der Waals surface area contributed by atoms with E-state index in [9.17, 15) is 10.2 Å². The summed E-state index contributed by atoms with van der Waals surface area (Å²) >= 11 is 0. The molecule has 0 fully saturated rings. The molecule has 0 bridgehead atoms. The van der Waals surface area contributed by atoms with E-state index in [1.165, 1.54) is 12.8 Å². The minimum atomic E-state index is 0.151. The van der Waals surface area contributed by atoms with E-state index in [2.05, 4.69) is 9.98 Å². The van der Waals surface area contributed by atoms with Gasteiger partial charge in [-0.1, -0.05) is 37.8 Å². The number of unbranched alkanes of at least 4 members (excludes halogenated alkanes) is 5. The van der Waals surface area contributed by atoms with Crippen molar-refractivity contribution in [2.45, 2.75) is 52.4 Å². The lowest BCUT2D eigenvalue weighted by atomic mass is 10.1. The van der Waals surface area contributed by atoms with Crippen LogP contribution < -0.4 is 9.47 Å². The smallest absolute Gasteiger partial charge is 0.166 e. The third-order valence-electron chi connectivity index (χ3n) is 4.95. The van der Waals surface area contributed by atoms with Crippen LogP contribution in [0.4, 0.5) is 0 Å². The van der Waals surface area contributed by atoms with Gasteiger partial charge in [0, 0.05) is 36.6 Å². The van der Waals surface area contributed by atoms with Crippen molar-refractivity contribution >= 4 is 12.4 Å². The highest BCUT2D eigenvalue weighted by Gasteiger charge is 2.06. The number of rotatable bonds is 15. The molecule has 0 aliphatic heterocycles. The van der Waals surface area contributed by atoms with Gasteiger partial charge < -0.3 is 19.7 Å². The normalized spacial score (nSPS) is 11.4. The van der Waals surface area contributed by atoms with Gasteiger partial charge in [0.15, 0.2) is 23.0 Å². The second kappa shape index (κ2) is 14.9. The number of nitrogens with zero attached hydrogens (tertiary/aromatic N) is 2. The lowest BCUT2D eigenvalue weighted by molar-refractivity contribution is 0.318. The van der Waals surface area contributed by atoms with Gasteiger partial charge in [-0.2, -0.15) is 0 Å². The molecule has 2 aromatic carbocycles. The van der Waals surface area contributed by atoms with Crippen molar-refractivity contribution in [1.82, 2.24) is 0 Å². The molecule has 2 rings (SSSR count). The zero-order valence-electron chi connectivity index (χ0n) is 19.3. The Morgan fingerprint density at radius 2 is 1.06 bits per heavy atom. The fourth-order valence-corrected chi connectivity index (χ4v) is 3.27. The summed E-state index contributed by atoms with van der Waals surface area (Å²) in [6.45, 7) is 6.34. The second-order valence-electron chi connectivity index (χ2n) is 7.45. The maximum Gasteiger partial charge on any atom is 0.166 e. The molecule has 2 N–H and O–H groups in total. The number of phenols is 2. The molecule has 2 aromatic rings. The zero-order chi connectivity index (χ0) is 23.0. The Hall–Kier alpha value is -3.02. The van der Waals surface area contributed by atoms with E-state index in [0.717, 1.165) is 38.8 Å². The van der Waals surface area contributed by atoms with Crippen LogP contribution in [0.1, 0.15) is 63.5 Å². The van der Waals surface area contributed by atoms with E-state index in [0.29, 0.717) is 35.8 Å². The molecule has 0 heterocycles. The molecule has 0 aliphatic rings. The van der Waals surface area contributed by atoms with E-state index in [1.54, 1.807) is 24.6 Å². The molecule has 0 aliphatic carbocycles. The van der Waals surface area contributed by atoms with Gasteiger partial charge in [-0.3, -0.25) is 9.98 Å². The van der Waals surface area contributed by atoms with Crippen molar-refractivity contribution in [2.75, 3.05) is 26.3 Å². The number of aromatic hydroxyl groups is 2. The molecular weight excluding hydrogens is 404 g/mol. The Balaban J connectivity index is 1.55. The monoisotopic (exact) mass is 440 g/mol. The Bertz CT molecular complexity index is 793. The van der Waals surface area contributed by atoms with Crippen LogP contribution in [0, 0.1) is 0 Å². The highest BCUT2D eigenvalue weighted by Crippen LogP contribution is 2.29. The summed E-state index contributed by atoms with van der Waals surface area (Å²) < 4.78 is 10.8. The van der Waals surface area contributed by atoms with Gasteiger partial charge in [0.2, 0.25) is 0 Å². The van der Waals surface area contributed by atoms with Crippen LogP contribution in [0.3, 0.4) is 0 Å². The Morgan fingerprint density at radius 3 is 1.47 bits per heavy atom. The van der Waals surface area contributed by atoms with Crippen LogP contribution in [0.15, 0.2) is 46.4 Å². The van der Waals surface area contributed by atoms with E-state index >= 15 is 0 Å². The van der Waals surface area contributed by atoms with E-state index in [1.807, 2.05) is 38.1 Å². The molecule has 6 heteroatoms. The minimum Gasteiger partial charge on any atom is -0.504 e. The Morgan fingerprint density at radius 1 is 0.656 bits per heavy atom. The third-order valence-corrected chi connectivity index (χ3v) is 4.95. The molecule has 0 unspecified atom stereocenters. The summed E-state index contributed by atoms with van der Waals surface area (Å²) in [6.07, 6.45) is 10.2. The highest BCUT2D eigenvalue weighted by atomic mass is 16.5. The number of hydrogen-bond donors (Lipinski definition) is 2. The van der Waals surface area contributed by atoms with Crippen LogP contribution in [0.2, 0.25) is 0 Å². The van der Waals surface area contributed by atoms with Crippen molar-refractivity contribution in [1.29, 1.82) is 0 Å². The summed E-state index contributed by atoms with van der Waals surface area (Å²) in [5, 5.41) is 20.3. The van der Waals surface area contributed by atoms with Crippen molar-refractivity contribution in [3.8, 4) is 23.0 Å². The maximum atomic E-state index is 10.1. The third kappa shape index (κ3) is 8.61.